The highest BCUT2D eigenvalue weighted by Crippen LogP contribution is 2.33. The minimum absolute atomic E-state index is 0.0973. The third kappa shape index (κ3) is 4.30. The van der Waals surface area contributed by atoms with Crippen LogP contribution in [0.25, 0.3) is 0 Å². The van der Waals surface area contributed by atoms with Crippen LogP contribution in [0.3, 0.4) is 0 Å². The Bertz CT molecular complexity index is 825. The van der Waals surface area contributed by atoms with Crippen molar-refractivity contribution in [2.45, 2.75) is 32.2 Å². The molecule has 3 rings (SSSR count). The summed E-state index contributed by atoms with van der Waals surface area (Å²) in [5.74, 6) is 1.23. The van der Waals surface area contributed by atoms with Crippen molar-refractivity contribution in [3.63, 3.8) is 0 Å². The highest BCUT2D eigenvalue weighted by molar-refractivity contribution is 6.31. The van der Waals surface area contributed by atoms with E-state index in [1.165, 1.54) is 0 Å². The SMILES string of the molecule is COc1cc(C)c(NC(=O)N2CCCC2Cc2ccccc2Cl)cc1OC. The number of anilines is 1. The van der Waals surface area contributed by atoms with Crippen molar-refractivity contribution < 1.29 is 14.3 Å². The molecule has 1 unspecified atom stereocenters. The van der Waals surface area contributed by atoms with E-state index < -0.39 is 0 Å². The molecule has 5 nitrogen and oxygen atoms in total. The third-order valence-corrected chi connectivity index (χ3v) is 5.39. The predicted octanol–water partition coefficient (Wildman–Crippen LogP) is 4.90. The Morgan fingerprint density at radius 2 is 1.93 bits per heavy atom. The smallest absolute Gasteiger partial charge is 0.322 e. The van der Waals surface area contributed by atoms with Crippen molar-refractivity contribution in [3.05, 3.63) is 52.5 Å². The average Bonchev–Trinajstić information content (AvgIpc) is 3.13. The molecular weight excluding hydrogens is 364 g/mol. The number of ether oxygens (including phenoxy) is 2. The van der Waals surface area contributed by atoms with Gasteiger partial charge in [0.25, 0.3) is 0 Å². The molecule has 2 amide bonds. The number of likely N-dealkylation sites (tertiary alicyclic amines) is 1. The van der Waals surface area contributed by atoms with Crippen LogP contribution in [0.4, 0.5) is 10.5 Å². The number of rotatable bonds is 5. The highest BCUT2D eigenvalue weighted by atomic mass is 35.5. The van der Waals surface area contributed by atoms with Crippen LogP contribution >= 0.6 is 11.6 Å². The Kier molecular flexibility index (Phi) is 6.11. The zero-order valence-electron chi connectivity index (χ0n) is 15.9. The number of urea groups is 1. The first-order valence-electron chi connectivity index (χ1n) is 9.07. The number of carbonyl (C=O) groups is 1. The number of carbonyl (C=O) groups excluding carboxylic acids is 1. The summed E-state index contributed by atoms with van der Waals surface area (Å²) in [6, 6.07) is 11.5. The molecule has 0 saturated carbocycles. The quantitative estimate of drug-likeness (QED) is 0.792. The van der Waals surface area contributed by atoms with E-state index in [4.69, 9.17) is 21.1 Å². The summed E-state index contributed by atoms with van der Waals surface area (Å²) in [5, 5.41) is 3.78. The van der Waals surface area contributed by atoms with Crippen molar-refractivity contribution >= 4 is 23.3 Å². The maximum Gasteiger partial charge on any atom is 0.322 e. The molecule has 1 atom stereocenters. The van der Waals surface area contributed by atoms with Gasteiger partial charge in [-0.05, 0) is 49.4 Å². The molecule has 1 aliphatic rings. The average molecular weight is 389 g/mol. The molecule has 1 heterocycles. The van der Waals surface area contributed by atoms with Crippen molar-refractivity contribution in [2.24, 2.45) is 0 Å². The number of benzene rings is 2. The van der Waals surface area contributed by atoms with Gasteiger partial charge in [0.2, 0.25) is 0 Å². The maximum atomic E-state index is 12.9. The Hall–Kier alpha value is -2.40. The predicted molar refractivity (Wildman–Crippen MR) is 108 cm³/mol. The molecule has 1 aliphatic heterocycles. The van der Waals surface area contributed by atoms with E-state index in [9.17, 15) is 4.79 Å². The van der Waals surface area contributed by atoms with E-state index in [0.29, 0.717) is 11.5 Å². The Morgan fingerprint density at radius 1 is 1.22 bits per heavy atom. The topological polar surface area (TPSA) is 50.8 Å². The number of halogens is 1. The van der Waals surface area contributed by atoms with E-state index >= 15 is 0 Å². The summed E-state index contributed by atoms with van der Waals surface area (Å²) in [5.41, 5.74) is 2.72. The minimum Gasteiger partial charge on any atom is -0.493 e. The van der Waals surface area contributed by atoms with Gasteiger partial charge in [-0.1, -0.05) is 29.8 Å². The van der Waals surface area contributed by atoms with E-state index in [-0.39, 0.29) is 12.1 Å². The van der Waals surface area contributed by atoms with Gasteiger partial charge in [0, 0.05) is 29.4 Å². The fourth-order valence-electron chi connectivity index (χ4n) is 3.54. The van der Waals surface area contributed by atoms with Crippen molar-refractivity contribution in [3.8, 4) is 11.5 Å². The number of aryl methyl sites for hydroxylation is 1. The molecule has 0 bridgehead atoms. The van der Waals surface area contributed by atoms with Gasteiger partial charge < -0.3 is 19.7 Å². The van der Waals surface area contributed by atoms with E-state index in [0.717, 1.165) is 47.6 Å². The molecule has 0 spiro atoms. The van der Waals surface area contributed by atoms with Crippen molar-refractivity contribution in [1.29, 1.82) is 0 Å². The zero-order chi connectivity index (χ0) is 19.4. The van der Waals surface area contributed by atoms with Crippen LogP contribution in [0.1, 0.15) is 24.0 Å². The first-order chi connectivity index (χ1) is 13.0. The first-order valence-corrected chi connectivity index (χ1v) is 9.45. The lowest BCUT2D eigenvalue weighted by atomic mass is 10.0. The second-order valence-electron chi connectivity index (χ2n) is 6.74. The van der Waals surface area contributed by atoms with Gasteiger partial charge in [-0.25, -0.2) is 4.79 Å². The Labute approximate surface area is 165 Å². The number of hydrogen-bond donors (Lipinski definition) is 1. The van der Waals surface area contributed by atoms with Gasteiger partial charge in [-0.2, -0.15) is 0 Å². The van der Waals surface area contributed by atoms with Crippen LogP contribution in [0.5, 0.6) is 11.5 Å². The molecule has 0 aromatic heterocycles. The van der Waals surface area contributed by atoms with Gasteiger partial charge in [-0.15, -0.1) is 0 Å². The highest BCUT2D eigenvalue weighted by Gasteiger charge is 2.29. The standard InChI is InChI=1S/C21H25ClN2O3/c1-14-11-19(26-2)20(27-3)13-18(14)23-21(25)24-10-6-8-16(24)12-15-7-4-5-9-17(15)22/h4-5,7,9,11,13,16H,6,8,10,12H2,1-3H3,(H,23,25). The molecule has 0 radical (unpaired) electrons. The largest absolute Gasteiger partial charge is 0.493 e. The fraction of sp³-hybridized carbons (Fsp3) is 0.381. The fourth-order valence-corrected chi connectivity index (χ4v) is 3.75. The second kappa shape index (κ2) is 8.53. The number of methoxy groups -OCH3 is 2. The van der Waals surface area contributed by atoms with Gasteiger partial charge in [0.15, 0.2) is 11.5 Å². The minimum atomic E-state index is -0.0973. The molecule has 144 valence electrons. The normalized spacial score (nSPS) is 16.3. The molecule has 6 heteroatoms. The van der Waals surface area contributed by atoms with Gasteiger partial charge in [-0.3, -0.25) is 0 Å². The molecule has 1 N–H and O–H groups in total. The molecule has 2 aromatic rings. The Morgan fingerprint density at radius 3 is 2.63 bits per heavy atom. The maximum absolute atomic E-state index is 12.9. The van der Waals surface area contributed by atoms with Crippen LogP contribution in [-0.2, 0) is 6.42 Å². The van der Waals surface area contributed by atoms with E-state index in [1.807, 2.05) is 42.2 Å². The van der Waals surface area contributed by atoms with Crippen LogP contribution in [-0.4, -0.2) is 37.7 Å². The number of nitrogens with zero attached hydrogens (tertiary/aromatic N) is 1. The summed E-state index contributed by atoms with van der Waals surface area (Å²) in [6.07, 6.45) is 2.73. The summed E-state index contributed by atoms with van der Waals surface area (Å²) in [4.78, 5) is 14.8. The van der Waals surface area contributed by atoms with Gasteiger partial charge in [0.05, 0.1) is 14.2 Å². The lowest BCUT2D eigenvalue weighted by Crippen LogP contribution is -2.39. The van der Waals surface area contributed by atoms with Crippen LogP contribution < -0.4 is 14.8 Å². The summed E-state index contributed by atoms with van der Waals surface area (Å²) < 4.78 is 10.7. The van der Waals surface area contributed by atoms with Gasteiger partial charge in [0.1, 0.15) is 0 Å². The van der Waals surface area contributed by atoms with Gasteiger partial charge >= 0.3 is 6.03 Å². The lowest BCUT2D eigenvalue weighted by molar-refractivity contribution is 0.206. The first kappa shape index (κ1) is 19.4. The summed E-state index contributed by atoms with van der Waals surface area (Å²) in [7, 11) is 3.18. The molecule has 0 aliphatic carbocycles. The third-order valence-electron chi connectivity index (χ3n) is 5.02. The molecular formula is C21H25ClN2O3. The lowest BCUT2D eigenvalue weighted by Gasteiger charge is -2.26. The number of nitrogens with one attached hydrogen (secondary N) is 1. The van der Waals surface area contributed by atoms with Crippen molar-refractivity contribution in [1.82, 2.24) is 4.90 Å². The molecule has 2 aromatic carbocycles. The number of amides is 2. The Balaban J connectivity index is 1.74. The molecule has 1 saturated heterocycles. The number of hydrogen-bond acceptors (Lipinski definition) is 3. The van der Waals surface area contributed by atoms with Crippen LogP contribution in [0.2, 0.25) is 5.02 Å². The summed E-state index contributed by atoms with van der Waals surface area (Å²) in [6.45, 7) is 2.68. The van der Waals surface area contributed by atoms with Crippen LogP contribution in [0.15, 0.2) is 36.4 Å². The second-order valence-corrected chi connectivity index (χ2v) is 7.14. The van der Waals surface area contributed by atoms with E-state index in [2.05, 4.69) is 5.32 Å². The molecule has 1 fully saturated rings. The van der Waals surface area contributed by atoms with Crippen molar-refractivity contribution in [2.75, 3.05) is 26.1 Å². The molecule has 27 heavy (non-hydrogen) atoms. The van der Waals surface area contributed by atoms with Crippen LogP contribution in [0, 0.1) is 6.92 Å². The van der Waals surface area contributed by atoms with E-state index in [1.54, 1.807) is 20.3 Å². The summed E-state index contributed by atoms with van der Waals surface area (Å²) >= 11 is 6.30. The zero-order valence-corrected chi connectivity index (χ0v) is 16.7. The monoisotopic (exact) mass is 388 g/mol.